The number of benzene rings is 1. The lowest BCUT2D eigenvalue weighted by atomic mass is 10.2. The van der Waals surface area contributed by atoms with Gasteiger partial charge in [0.25, 0.3) is 11.1 Å². The van der Waals surface area contributed by atoms with E-state index >= 15 is 0 Å². The molecular formula is C17H19NO6S. The quantitative estimate of drug-likeness (QED) is 0.708. The second-order valence-corrected chi connectivity index (χ2v) is 6.15. The highest BCUT2D eigenvalue weighted by Crippen LogP contribution is 2.34. The minimum Gasteiger partial charge on any atom is -0.490 e. The fourth-order valence-corrected chi connectivity index (χ4v) is 3.07. The molecule has 1 saturated heterocycles. The Bertz CT molecular complexity index is 715. The number of amides is 2. The molecule has 1 heterocycles. The van der Waals surface area contributed by atoms with Gasteiger partial charge >= 0.3 is 5.97 Å². The van der Waals surface area contributed by atoms with Gasteiger partial charge in [0, 0.05) is 6.54 Å². The van der Waals surface area contributed by atoms with Gasteiger partial charge in [-0.25, -0.2) is 4.79 Å². The molecule has 0 spiro atoms. The highest BCUT2D eigenvalue weighted by Gasteiger charge is 2.34. The zero-order valence-electron chi connectivity index (χ0n) is 14.0. The van der Waals surface area contributed by atoms with E-state index in [9.17, 15) is 14.4 Å². The standard InChI is InChI=1S/C17H19NO6S/c1-3-7-18-16(21)14(25-17(18)22)9-11-5-6-12(24-10-15(19)20)13(8-11)23-4-2/h5-6,8-9H,3-4,7,10H2,1-2H3,(H,19,20)/b14-9+. The van der Waals surface area contributed by atoms with E-state index in [0.29, 0.717) is 41.5 Å². The molecule has 1 N–H and O–H groups in total. The maximum absolute atomic E-state index is 12.3. The van der Waals surface area contributed by atoms with Crippen molar-refractivity contribution in [1.82, 2.24) is 4.90 Å². The molecule has 0 unspecified atom stereocenters. The first-order valence-corrected chi connectivity index (χ1v) is 8.64. The van der Waals surface area contributed by atoms with Crippen molar-refractivity contribution in [3.63, 3.8) is 0 Å². The molecule has 134 valence electrons. The Kier molecular flexibility index (Phi) is 6.46. The van der Waals surface area contributed by atoms with Crippen LogP contribution in [0.4, 0.5) is 4.79 Å². The Balaban J connectivity index is 2.24. The summed E-state index contributed by atoms with van der Waals surface area (Å²) in [5.41, 5.74) is 0.660. The minimum atomic E-state index is -1.09. The molecule has 2 amide bonds. The number of ether oxygens (including phenoxy) is 2. The van der Waals surface area contributed by atoms with Gasteiger partial charge in [-0.2, -0.15) is 0 Å². The first-order chi connectivity index (χ1) is 12.0. The van der Waals surface area contributed by atoms with Crippen LogP contribution in [0.3, 0.4) is 0 Å². The van der Waals surface area contributed by atoms with Crippen LogP contribution in [0.1, 0.15) is 25.8 Å². The maximum Gasteiger partial charge on any atom is 0.341 e. The molecule has 7 nitrogen and oxygen atoms in total. The van der Waals surface area contributed by atoms with Crippen LogP contribution in [-0.4, -0.2) is 46.9 Å². The van der Waals surface area contributed by atoms with E-state index in [-0.39, 0.29) is 11.1 Å². The van der Waals surface area contributed by atoms with E-state index in [0.717, 1.165) is 11.8 Å². The van der Waals surface area contributed by atoms with Crippen molar-refractivity contribution in [3.05, 3.63) is 28.7 Å². The van der Waals surface area contributed by atoms with Crippen molar-refractivity contribution in [1.29, 1.82) is 0 Å². The molecular weight excluding hydrogens is 346 g/mol. The van der Waals surface area contributed by atoms with Gasteiger partial charge in [0.05, 0.1) is 11.5 Å². The first-order valence-electron chi connectivity index (χ1n) is 7.83. The number of hydrogen-bond donors (Lipinski definition) is 1. The monoisotopic (exact) mass is 365 g/mol. The summed E-state index contributed by atoms with van der Waals surface area (Å²) < 4.78 is 10.6. The molecule has 8 heteroatoms. The summed E-state index contributed by atoms with van der Waals surface area (Å²) >= 11 is 0.903. The van der Waals surface area contributed by atoms with Crippen LogP contribution < -0.4 is 9.47 Å². The van der Waals surface area contributed by atoms with Crippen LogP contribution in [0.2, 0.25) is 0 Å². The summed E-state index contributed by atoms with van der Waals surface area (Å²) in [5.74, 6) is -0.706. The summed E-state index contributed by atoms with van der Waals surface area (Å²) in [6.45, 7) is 3.99. The summed E-state index contributed by atoms with van der Waals surface area (Å²) in [6.07, 6.45) is 2.32. The van der Waals surface area contributed by atoms with Crippen LogP contribution in [0.15, 0.2) is 23.1 Å². The average molecular weight is 365 g/mol. The second kappa shape index (κ2) is 8.57. The van der Waals surface area contributed by atoms with E-state index in [1.54, 1.807) is 31.2 Å². The van der Waals surface area contributed by atoms with E-state index in [2.05, 4.69) is 0 Å². The molecule has 1 aliphatic heterocycles. The minimum absolute atomic E-state index is 0.274. The summed E-state index contributed by atoms with van der Waals surface area (Å²) in [5, 5.41) is 8.44. The van der Waals surface area contributed by atoms with Gasteiger partial charge in [-0.15, -0.1) is 0 Å². The molecule has 1 fully saturated rings. The van der Waals surface area contributed by atoms with Gasteiger partial charge in [0.1, 0.15) is 0 Å². The second-order valence-electron chi connectivity index (χ2n) is 5.15. The number of hydrogen-bond acceptors (Lipinski definition) is 6. The Labute approximate surface area is 149 Å². The van der Waals surface area contributed by atoms with Crippen molar-refractivity contribution >= 4 is 35.0 Å². The van der Waals surface area contributed by atoms with E-state index in [1.807, 2.05) is 6.92 Å². The number of carboxylic acids is 1. The Morgan fingerprint density at radius 2 is 2.00 bits per heavy atom. The maximum atomic E-state index is 12.3. The van der Waals surface area contributed by atoms with Gasteiger partial charge in [-0.3, -0.25) is 14.5 Å². The van der Waals surface area contributed by atoms with Gasteiger partial charge < -0.3 is 14.6 Å². The number of carbonyl (C=O) groups is 3. The molecule has 0 atom stereocenters. The number of thioether (sulfide) groups is 1. The molecule has 0 radical (unpaired) electrons. The van der Waals surface area contributed by atoms with Gasteiger partial charge in [0.2, 0.25) is 0 Å². The van der Waals surface area contributed by atoms with E-state index in [1.165, 1.54) is 4.90 Å². The lowest BCUT2D eigenvalue weighted by Crippen LogP contribution is -2.28. The molecule has 0 aliphatic carbocycles. The van der Waals surface area contributed by atoms with Crippen molar-refractivity contribution in [2.45, 2.75) is 20.3 Å². The van der Waals surface area contributed by atoms with Crippen LogP contribution in [0.5, 0.6) is 11.5 Å². The lowest BCUT2D eigenvalue weighted by molar-refractivity contribution is -0.139. The SMILES string of the molecule is CCCN1C(=O)S/C(=C/c2ccc(OCC(=O)O)c(OCC)c2)C1=O. The normalized spacial score (nSPS) is 15.8. The van der Waals surface area contributed by atoms with Crippen LogP contribution in [0, 0.1) is 0 Å². The topological polar surface area (TPSA) is 93.1 Å². The molecule has 1 aromatic carbocycles. The van der Waals surface area contributed by atoms with Crippen LogP contribution in [-0.2, 0) is 9.59 Å². The number of carbonyl (C=O) groups excluding carboxylic acids is 2. The largest absolute Gasteiger partial charge is 0.490 e. The Hall–Kier alpha value is -2.48. The molecule has 1 aromatic rings. The molecule has 0 aromatic heterocycles. The van der Waals surface area contributed by atoms with Crippen molar-refractivity contribution in [3.8, 4) is 11.5 Å². The third-order valence-corrected chi connectivity index (χ3v) is 4.14. The molecule has 2 rings (SSSR count). The first kappa shape index (κ1) is 18.9. The number of carboxylic acid groups (broad SMARTS) is 1. The third kappa shape index (κ3) is 4.76. The van der Waals surface area contributed by atoms with E-state index in [4.69, 9.17) is 14.6 Å². The van der Waals surface area contributed by atoms with Crippen molar-refractivity contribution < 1.29 is 29.0 Å². The van der Waals surface area contributed by atoms with E-state index < -0.39 is 12.6 Å². The van der Waals surface area contributed by atoms with Crippen LogP contribution >= 0.6 is 11.8 Å². The molecule has 1 aliphatic rings. The highest BCUT2D eigenvalue weighted by atomic mass is 32.2. The number of rotatable bonds is 8. The van der Waals surface area contributed by atoms with Gasteiger partial charge in [-0.05, 0) is 48.9 Å². The number of aliphatic carboxylic acids is 1. The smallest absolute Gasteiger partial charge is 0.341 e. The summed E-state index contributed by atoms with van der Waals surface area (Å²) in [7, 11) is 0. The summed E-state index contributed by atoms with van der Waals surface area (Å²) in [6, 6.07) is 4.90. The van der Waals surface area contributed by atoms with Crippen LogP contribution in [0.25, 0.3) is 6.08 Å². The van der Waals surface area contributed by atoms with Crippen molar-refractivity contribution in [2.75, 3.05) is 19.8 Å². The molecule has 0 bridgehead atoms. The predicted octanol–water partition coefficient (Wildman–Crippen LogP) is 3.00. The zero-order valence-corrected chi connectivity index (χ0v) is 14.8. The number of nitrogens with zero attached hydrogens (tertiary/aromatic N) is 1. The Morgan fingerprint density at radius 3 is 2.64 bits per heavy atom. The fourth-order valence-electron chi connectivity index (χ4n) is 2.21. The highest BCUT2D eigenvalue weighted by molar-refractivity contribution is 8.18. The van der Waals surface area contributed by atoms with Gasteiger partial charge in [0.15, 0.2) is 18.1 Å². The number of imide groups is 1. The average Bonchev–Trinajstić information content (AvgIpc) is 2.82. The predicted molar refractivity (Wildman–Crippen MR) is 93.7 cm³/mol. The molecule has 0 saturated carbocycles. The molecule has 25 heavy (non-hydrogen) atoms. The van der Waals surface area contributed by atoms with Gasteiger partial charge in [-0.1, -0.05) is 13.0 Å². The Morgan fingerprint density at radius 1 is 1.24 bits per heavy atom. The van der Waals surface area contributed by atoms with Crippen molar-refractivity contribution in [2.24, 2.45) is 0 Å². The lowest BCUT2D eigenvalue weighted by Gasteiger charge is -2.11. The zero-order chi connectivity index (χ0) is 18.4. The third-order valence-electron chi connectivity index (χ3n) is 3.24. The summed E-state index contributed by atoms with van der Waals surface area (Å²) in [4.78, 5) is 36.3. The fraction of sp³-hybridized carbons (Fsp3) is 0.353.